The van der Waals surface area contributed by atoms with Crippen LogP contribution in [-0.4, -0.2) is 40.5 Å². The van der Waals surface area contributed by atoms with Gasteiger partial charge in [-0.2, -0.15) is 0 Å². The van der Waals surface area contributed by atoms with Gasteiger partial charge >= 0.3 is 12.1 Å². The van der Waals surface area contributed by atoms with E-state index < -0.39 is 23.7 Å². The van der Waals surface area contributed by atoms with E-state index in [1.165, 1.54) is 0 Å². The number of nitrogens with one attached hydrogen (secondary N) is 1. The Labute approximate surface area is 163 Å². The average Bonchev–Trinajstić information content (AvgIpc) is 3.02. The van der Waals surface area contributed by atoms with Crippen molar-refractivity contribution in [2.75, 3.05) is 6.61 Å². The van der Waals surface area contributed by atoms with Crippen LogP contribution in [0.4, 0.5) is 4.79 Å². The third-order valence-corrected chi connectivity index (χ3v) is 5.92. The number of aliphatic hydroxyl groups is 1. The van der Waals surface area contributed by atoms with E-state index in [0.717, 1.165) is 28.7 Å². The monoisotopic (exact) mass is 381 g/mol. The number of fused-ring (bicyclic) bond motifs is 3. The fourth-order valence-electron chi connectivity index (χ4n) is 4.42. The van der Waals surface area contributed by atoms with E-state index in [4.69, 9.17) is 4.74 Å². The molecule has 146 valence electrons. The smallest absolute Gasteiger partial charge is 0.408 e. The molecule has 4 rings (SSSR count). The third kappa shape index (κ3) is 3.03. The maximum atomic E-state index is 12.4. The molecule has 1 saturated carbocycles. The normalized spacial score (nSPS) is 23.5. The second-order valence-corrected chi connectivity index (χ2v) is 7.49. The molecule has 0 spiro atoms. The number of aliphatic hydroxyl groups excluding tert-OH is 1. The van der Waals surface area contributed by atoms with Gasteiger partial charge in [-0.25, -0.2) is 9.59 Å². The average molecular weight is 381 g/mol. The molecule has 0 radical (unpaired) electrons. The van der Waals surface area contributed by atoms with Gasteiger partial charge < -0.3 is 20.3 Å². The summed E-state index contributed by atoms with van der Waals surface area (Å²) in [4.78, 5) is 24.2. The van der Waals surface area contributed by atoms with Crippen molar-refractivity contribution in [1.82, 2.24) is 5.32 Å². The van der Waals surface area contributed by atoms with Crippen LogP contribution in [-0.2, 0) is 9.53 Å². The summed E-state index contributed by atoms with van der Waals surface area (Å²) in [5.41, 5.74) is 2.74. The Morgan fingerprint density at radius 3 is 2.21 bits per heavy atom. The van der Waals surface area contributed by atoms with Gasteiger partial charge in [-0.15, -0.1) is 0 Å². The van der Waals surface area contributed by atoms with Gasteiger partial charge in [0.05, 0.1) is 6.10 Å². The highest BCUT2D eigenvalue weighted by molar-refractivity contribution is 5.85. The SMILES string of the molecule is O=C(NC1(C(=O)O)CCCCC1O)OCC1c2ccccc2-c2ccccc21. The fourth-order valence-corrected chi connectivity index (χ4v) is 4.42. The van der Waals surface area contributed by atoms with Crippen molar-refractivity contribution in [3.63, 3.8) is 0 Å². The van der Waals surface area contributed by atoms with Crippen molar-refractivity contribution >= 4 is 12.1 Å². The Hall–Kier alpha value is -2.86. The summed E-state index contributed by atoms with van der Waals surface area (Å²) in [5.74, 6) is -1.33. The van der Waals surface area contributed by atoms with Crippen molar-refractivity contribution < 1.29 is 24.5 Å². The minimum Gasteiger partial charge on any atom is -0.479 e. The lowest BCUT2D eigenvalue weighted by Crippen LogP contribution is -2.63. The molecule has 6 heteroatoms. The zero-order valence-electron chi connectivity index (χ0n) is 15.4. The first-order valence-electron chi connectivity index (χ1n) is 9.57. The first-order valence-corrected chi connectivity index (χ1v) is 9.57. The molecule has 0 saturated heterocycles. The Morgan fingerprint density at radius 1 is 1.04 bits per heavy atom. The summed E-state index contributed by atoms with van der Waals surface area (Å²) in [6.45, 7) is 0.103. The molecular formula is C22H23NO5. The Balaban J connectivity index is 1.50. The number of ether oxygens (including phenoxy) is 1. The number of benzene rings is 2. The number of carboxylic acid groups (broad SMARTS) is 1. The molecule has 2 aliphatic rings. The van der Waals surface area contributed by atoms with Gasteiger partial charge in [0.25, 0.3) is 0 Å². The molecule has 1 fully saturated rings. The zero-order valence-corrected chi connectivity index (χ0v) is 15.4. The summed E-state index contributed by atoms with van der Waals surface area (Å²) >= 11 is 0. The van der Waals surface area contributed by atoms with Gasteiger partial charge in [0, 0.05) is 5.92 Å². The molecule has 28 heavy (non-hydrogen) atoms. The van der Waals surface area contributed by atoms with E-state index in [0.29, 0.717) is 12.8 Å². The second-order valence-electron chi connectivity index (χ2n) is 7.49. The van der Waals surface area contributed by atoms with E-state index in [2.05, 4.69) is 5.32 Å². The molecule has 6 nitrogen and oxygen atoms in total. The van der Waals surface area contributed by atoms with Gasteiger partial charge in [0.2, 0.25) is 0 Å². The van der Waals surface area contributed by atoms with Crippen LogP contribution in [0.1, 0.15) is 42.7 Å². The number of carbonyl (C=O) groups excluding carboxylic acids is 1. The van der Waals surface area contributed by atoms with Gasteiger partial charge in [-0.3, -0.25) is 0 Å². The van der Waals surface area contributed by atoms with Crippen LogP contribution < -0.4 is 5.32 Å². The van der Waals surface area contributed by atoms with E-state index in [-0.39, 0.29) is 18.9 Å². The third-order valence-electron chi connectivity index (χ3n) is 5.92. The zero-order chi connectivity index (χ0) is 19.7. The van der Waals surface area contributed by atoms with Gasteiger partial charge in [-0.1, -0.05) is 61.4 Å². The first kappa shape index (κ1) is 18.5. The van der Waals surface area contributed by atoms with Crippen LogP contribution in [0.25, 0.3) is 11.1 Å². The number of carbonyl (C=O) groups is 2. The minimum atomic E-state index is -1.68. The lowest BCUT2D eigenvalue weighted by atomic mass is 9.79. The maximum absolute atomic E-state index is 12.4. The highest BCUT2D eigenvalue weighted by atomic mass is 16.5. The van der Waals surface area contributed by atoms with Crippen molar-refractivity contribution in [2.24, 2.45) is 0 Å². The number of alkyl carbamates (subject to hydrolysis) is 1. The van der Waals surface area contributed by atoms with Crippen molar-refractivity contribution in [3.8, 4) is 11.1 Å². The van der Waals surface area contributed by atoms with Crippen LogP contribution in [0.3, 0.4) is 0 Å². The summed E-state index contributed by atoms with van der Waals surface area (Å²) in [6, 6.07) is 16.0. The summed E-state index contributed by atoms with van der Waals surface area (Å²) < 4.78 is 5.44. The number of aliphatic carboxylic acids is 1. The van der Waals surface area contributed by atoms with Crippen molar-refractivity contribution in [2.45, 2.75) is 43.2 Å². The molecular weight excluding hydrogens is 358 g/mol. The number of rotatable bonds is 4. The predicted octanol–water partition coefficient (Wildman–Crippen LogP) is 3.28. The van der Waals surface area contributed by atoms with Crippen molar-refractivity contribution in [3.05, 3.63) is 59.7 Å². The molecule has 1 amide bonds. The fraction of sp³-hybridized carbons (Fsp3) is 0.364. The van der Waals surface area contributed by atoms with Crippen LogP contribution in [0, 0.1) is 0 Å². The quantitative estimate of drug-likeness (QED) is 0.755. The second kappa shape index (κ2) is 7.28. The number of amides is 1. The highest BCUT2D eigenvalue weighted by Gasteiger charge is 2.48. The van der Waals surface area contributed by atoms with E-state index in [1.807, 2.05) is 48.5 Å². The molecule has 3 N–H and O–H groups in total. The van der Waals surface area contributed by atoms with Crippen LogP contribution in [0.2, 0.25) is 0 Å². The maximum Gasteiger partial charge on any atom is 0.408 e. The van der Waals surface area contributed by atoms with Crippen molar-refractivity contribution in [1.29, 1.82) is 0 Å². The topological polar surface area (TPSA) is 95.9 Å². The molecule has 2 aliphatic carbocycles. The standard InChI is InChI=1S/C22H23NO5/c24-19-11-5-6-12-22(19,20(25)26)23-21(27)28-13-18-16-9-3-1-7-14(16)15-8-2-4-10-17(15)18/h1-4,7-10,18-19,24H,5-6,11-13H2,(H,23,27)(H,25,26). The molecule has 0 aliphatic heterocycles. The molecule has 2 atom stereocenters. The minimum absolute atomic E-state index is 0.102. The summed E-state index contributed by atoms with van der Waals surface area (Å²) in [7, 11) is 0. The number of hydrogen-bond acceptors (Lipinski definition) is 4. The number of carboxylic acids is 1. The lowest BCUT2D eigenvalue weighted by molar-refractivity contribution is -0.152. The highest BCUT2D eigenvalue weighted by Crippen LogP contribution is 2.44. The van der Waals surface area contributed by atoms with Gasteiger partial charge in [0.1, 0.15) is 6.61 Å². The Bertz CT molecular complexity index is 866. The molecule has 2 aromatic rings. The van der Waals surface area contributed by atoms with Crippen LogP contribution >= 0.6 is 0 Å². The largest absolute Gasteiger partial charge is 0.479 e. The molecule has 2 aromatic carbocycles. The molecule has 0 bridgehead atoms. The molecule has 0 aromatic heterocycles. The van der Waals surface area contributed by atoms with E-state index >= 15 is 0 Å². The Kier molecular flexibility index (Phi) is 4.81. The number of hydrogen-bond donors (Lipinski definition) is 3. The summed E-state index contributed by atoms with van der Waals surface area (Å²) in [5, 5.41) is 22.3. The van der Waals surface area contributed by atoms with E-state index in [1.54, 1.807) is 0 Å². The van der Waals surface area contributed by atoms with Crippen LogP contribution in [0.5, 0.6) is 0 Å². The van der Waals surface area contributed by atoms with Gasteiger partial charge in [-0.05, 0) is 35.1 Å². The lowest BCUT2D eigenvalue weighted by Gasteiger charge is -2.37. The first-order chi connectivity index (χ1) is 13.5. The predicted molar refractivity (Wildman–Crippen MR) is 103 cm³/mol. The molecule has 0 heterocycles. The van der Waals surface area contributed by atoms with Crippen LogP contribution in [0.15, 0.2) is 48.5 Å². The van der Waals surface area contributed by atoms with E-state index in [9.17, 15) is 19.8 Å². The summed E-state index contributed by atoms with van der Waals surface area (Å²) in [6.07, 6.45) is -0.0383. The Morgan fingerprint density at radius 2 is 1.64 bits per heavy atom. The molecule has 2 unspecified atom stereocenters. The van der Waals surface area contributed by atoms with Gasteiger partial charge in [0.15, 0.2) is 5.54 Å².